The largest absolute Gasteiger partial charge is 0.368 e. The lowest BCUT2D eigenvalue weighted by Gasteiger charge is -2.49. The molecule has 0 N–H and O–H groups in total. The lowest BCUT2D eigenvalue weighted by molar-refractivity contribution is -0.161. The minimum Gasteiger partial charge on any atom is -0.368 e. The SMILES string of the molecule is Cc1cccnc1CCN1CCC2(CC1)CN(C(=O)c1ccccc1)CC(C)O2. The maximum Gasteiger partial charge on any atom is 0.254 e. The maximum absolute atomic E-state index is 13.0. The third-order valence-corrected chi connectivity index (χ3v) is 6.27. The lowest BCUT2D eigenvalue weighted by atomic mass is 9.88. The van der Waals surface area contributed by atoms with Crippen LogP contribution >= 0.6 is 0 Å². The van der Waals surface area contributed by atoms with Gasteiger partial charge in [-0.15, -0.1) is 0 Å². The van der Waals surface area contributed by atoms with E-state index < -0.39 is 0 Å². The summed E-state index contributed by atoms with van der Waals surface area (Å²) in [5, 5.41) is 0. The van der Waals surface area contributed by atoms with Crippen LogP contribution in [0.2, 0.25) is 0 Å². The van der Waals surface area contributed by atoms with Crippen molar-refractivity contribution >= 4 is 5.91 Å². The summed E-state index contributed by atoms with van der Waals surface area (Å²) in [6, 6.07) is 13.7. The van der Waals surface area contributed by atoms with E-state index in [0.29, 0.717) is 13.1 Å². The van der Waals surface area contributed by atoms with E-state index in [1.807, 2.05) is 47.5 Å². The molecule has 5 heteroatoms. The summed E-state index contributed by atoms with van der Waals surface area (Å²) in [4.78, 5) is 22.0. The molecule has 2 aliphatic rings. The van der Waals surface area contributed by atoms with Gasteiger partial charge < -0.3 is 14.5 Å². The van der Waals surface area contributed by atoms with Crippen molar-refractivity contribution in [3.05, 3.63) is 65.5 Å². The Morgan fingerprint density at radius 3 is 2.66 bits per heavy atom. The highest BCUT2D eigenvalue weighted by Gasteiger charge is 2.43. The van der Waals surface area contributed by atoms with Crippen LogP contribution in [-0.4, -0.2) is 65.1 Å². The topological polar surface area (TPSA) is 45.7 Å². The van der Waals surface area contributed by atoms with Gasteiger partial charge in [-0.05, 0) is 50.5 Å². The minimum absolute atomic E-state index is 0.0686. The zero-order chi connectivity index (χ0) is 20.3. The summed E-state index contributed by atoms with van der Waals surface area (Å²) in [7, 11) is 0. The van der Waals surface area contributed by atoms with Crippen LogP contribution in [0.4, 0.5) is 0 Å². The van der Waals surface area contributed by atoms with Crippen LogP contribution in [0.25, 0.3) is 0 Å². The number of benzene rings is 1. The molecule has 2 aromatic rings. The molecule has 2 saturated heterocycles. The summed E-state index contributed by atoms with van der Waals surface area (Å²) < 4.78 is 6.43. The first-order valence-electron chi connectivity index (χ1n) is 10.7. The normalized spacial score (nSPS) is 22.0. The van der Waals surface area contributed by atoms with E-state index in [1.165, 1.54) is 11.3 Å². The van der Waals surface area contributed by atoms with Gasteiger partial charge in [0.05, 0.1) is 18.2 Å². The smallest absolute Gasteiger partial charge is 0.254 e. The van der Waals surface area contributed by atoms with Gasteiger partial charge in [-0.25, -0.2) is 0 Å². The van der Waals surface area contributed by atoms with Crippen LogP contribution < -0.4 is 0 Å². The lowest BCUT2D eigenvalue weighted by Crippen LogP contribution is -2.60. The monoisotopic (exact) mass is 393 g/mol. The zero-order valence-corrected chi connectivity index (χ0v) is 17.5. The van der Waals surface area contributed by atoms with Gasteiger partial charge in [0.1, 0.15) is 0 Å². The molecule has 1 aromatic carbocycles. The summed E-state index contributed by atoms with van der Waals surface area (Å²) in [6.45, 7) is 8.61. The first-order valence-corrected chi connectivity index (χ1v) is 10.7. The van der Waals surface area contributed by atoms with Crippen molar-refractivity contribution in [1.29, 1.82) is 0 Å². The number of likely N-dealkylation sites (tertiary alicyclic amines) is 1. The number of aromatic nitrogens is 1. The number of carbonyl (C=O) groups is 1. The Labute approximate surface area is 173 Å². The fourth-order valence-electron chi connectivity index (χ4n) is 4.65. The molecule has 0 saturated carbocycles. The molecule has 5 nitrogen and oxygen atoms in total. The van der Waals surface area contributed by atoms with Crippen molar-refractivity contribution in [1.82, 2.24) is 14.8 Å². The number of nitrogens with zero attached hydrogens (tertiary/aromatic N) is 3. The number of piperidine rings is 1. The molecule has 2 fully saturated rings. The number of hydrogen-bond acceptors (Lipinski definition) is 4. The molecule has 1 atom stereocenters. The van der Waals surface area contributed by atoms with E-state index in [-0.39, 0.29) is 17.6 Å². The Bertz CT molecular complexity index is 831. The van der Waals surface area contributed by atoms with Crippen molar-refractivity contribution in [3.8, 4) is 0 Å². The molecule has 154 valence electrons. The molecular weight excluding hydrogens is 362 g/mol. The van der Waals surface area contributed by atoms with Crippen molar-refractivity contribution < 1.29 is 9.53 Å². The molecule has 3 heterocycles. The fourth-order valence-corrected chi connectivity index (χ4v) is 4.65. The number of pyridine rings is 1. The molecular formula is C24H31N3O2. The van der Waals surface area contributed by atoms with E-state index in [1.54, 1.807) is 0 Å². The van der Waals surface area contributed by atoms with Crippen LogP contribution in [-0.2, 0) is 11.2 Å². The van der Waals surface area contributed by atoms with E-state index in [9.17, 15) is 4.79 Å². The first-order chi connectivity index (χ1) is 14.0. The number of amides is 1. The molecule has 1 spiro atoms. The van der Waals surface area contributed by atoms with Crippen molar-refractivity contribution in [2.75, 3.05) is 32.7 Å². The molecule has 0 aliphatic carbocycles. The molecule has 1 amide bonds. The van der Waals surface area contributed by atoms with Gasteiger partial charge >= 0.3 is 0 Å². The average Bonchev–Trinajstić information content (AvgIpc) is 2.74. The zero-order valence-electron chi connectivity index (χ0n) is 17.5. The number of ether oxygens (including phenoxy) is 1. The Hall–Kier alpha value is -2.24. The van der Waals surface area contributed by atoms with Gasteiger partial charge in [0, 0.05) is 50.1 Å². The van der Waals surface area contributed by atoms with E-state index in [2.05, 4.69) is 29.8 Å². The second-order valence-corrected chi connectivity index (χ2v) is 8.52. The highest BCUT2D eigenvalue weighted by Crippen LogP contribution is 2.33. The Balaban J connectivity index is 1.35. The van der Waals surface area contributed by atoms with Crippen molar-refractivity contribution in [3.63, 3.8) is 0 Å². The van der Waals surface area contributed by atoms with Crippen molar-refractivity contribution in [2.45, 2.75) is 44.8 Å². The van der Waals surface area contributed by atoms with Gasteiger partial charge in [-0.1, -0.05) is 24.3 Å². The minimum atomic E-state index is -0.209. The molecule has 0 radical (unpaired) electrons. The maximum atomic E-state index is 13.0. The quantitative estimate of drug-likeness (QED) is 0.799. The van der Waals surface area contributed by atoms with Gasteiger partial charge in [-0.3, -0.25) is 9.78 Å². The van der Waals surface area contributed by atoms with Crippen molar-refractivity contribution in [2.24, 2.45) is 0 Å². The van der Waals surface area contributed by atoms with Gasteiger partial charge in [-0.2, -0.15) is 0 Å². The van der Waals surface area contributed by atoms with Crippen LogP contribution in [0.5, 0.6) is 0 Å². The second kappa shape index (κ2) is 8.64. The van der Waals surface area contributed by atoms with Crippen LogP contribution in [0.3, 0.4) is 0 Å². The number of carbonyl (C=O) groups excluding carboxylic acids is 1. The fraction of sp³-hybridized carbons (Fsp3) is 0.500. The van der Waals surface area contributed by atoms with Gasteiger partial charge in [0.2, 0.25) is 0 Å². The van der Waals surface area contributed by atoms with E-state index in [4.69, 9.17) is 4.74 Å². The highest BCUT2D eigenvalue weighted by molar-refractivity contribution is 5.94. The number of morpholine rings is 1. The first kappa shape index (κ1) is 20.0. The molecule has 0 bridgehead atoms. The molecule has 1 unspecified atom stereocenters. The van der Waals surface area contributed by atoms with Gasteiger partial charge in [0.15, 0.2) is 0 Å². The number of hydrogen-bond donors (Lipinski definition) is 0. The highest BCUT2D eigenvalue weighted by atomic mass is 16.5. The third kappa shape index (κ3) is 4.68. The van der Waals surface area contributed by atoms with E-state index in [0.717, 1.165) is 44.5 Å². The average molecular weight is 394 g/mol. The Kier molecular flexibility index (Phi) is 5.97. The molecule has 1 aromatic heterocycles. The predicted molar refractivity (Wildman–Crippen MR) is 114 cm³/mol. The third-order valence-electron chi connectivity index (χ3n) is 6.27. The molecule has 4 rings (SSSR count). The number of rotatable bonds is 4. The summed E-state index contributed by atoms with van der Waals surface area (Å²) in [6.07, 6.45) is 4.87. The second-order valence-electron chi connectivity index (χ2n) is 8.52. The Morgan fingerprint density at radius 1 is 1.17 bits per heavy atom. The summed E-state index contributed by atoms with van der Waals surface area (Å²) >= 11 is 0. The predicted octanol–water partition coefficient (Wildman–Crippen LogP) is 3.33. The van der Waals surface area contributed by atoms with Crippen LogP contribution in [0, 0.1) is 6.92 Å². The summed E-state index contributed by atoms with van der Waals surface area (Å²) in [5.74, 6) is 0.119. The van der Waals surface area contributed by atoms with Crippen LogP contribution in [0.15, 0.2) is 48.7 Å². The standard InChI is InChI=1S/C24H31N3O2/c1-19-7-6-13-25-22(19)10-14-26-15-11-24(12-16-26)18-27(17-20(2)29-24)23(28)21-8-4-3-5-9-21/h3-9,13,20H,10-12,14-18H2,1-2H3. The number of aryl methyl sites for hydroxylation is 1. The molecule has 29 heavy (non-hydrogen) atoms. The van der Waals surface area contributed by atoms with Crippen LogP contribution in [0.1, 0.15) is 41.4 Å². The Morgan fingerprint density at radius 2 is 1.93 bits per heavy atom. The van der Waals surface area contributed by atoms with Gasteiger partial charge in [0.25, 0.3) is 5.91 Å². The van der Waals surface area contributed by atoms with E-state index >= 15 is 0 Å². The summed E-state index contributed by atoms with van der Waals surface area (Å²) in [5.41, 5.74) is 3.01. The molecule has 2 aliphatic heterocycles.